The van der Waals surface area contributed by atoms with Gasteiger partial charge in [0.1, 0.15) is 17.2 Å². The Hall–Kier alpha value is -2.08. The zero-order chi connectivity index (χ0) is 18.2. The Morgan fingerprint density at radius 3 is 2.72 bits per heavy atom. The number of morpholine rings is 1. The lowest BCUT2D eigenvalue weighted by molar-refractivity contribution is -0.0510. The van der Waals surface area contributed by atoms with E-state index in [4.69, 9.17) is 14.2 Å². The number of carbonyl (C=O) groups excluding carboxylic acids is 1. The third-order valence-corrected chi connectivity index (χ3v) is 4.31. The minimum absolute atomic E-state index is 0.137. The zero-order valence-corrected chi connectivity index (χ0v) is 15.0. The molecule has 2 aliphatic rings. The summed E-state index contributed by atoms with van der Waals surface area (Å²) < 4.78 is 30.2. The van der Waals surface area contributed by atoms with Gasteiger partial charge >= 0.3 is 6.09 Å². The summed E-state index contributed by atoms with van der Waals surface area (Å²) in [5, 5.41) is 0. The summed E-state index contributed by atoms with van der Waals surface area (Å²) in [5.41, 5.74) is 1.14. The molecule has 0 spiro atoms. The van der Waals surface area contributed by atoms with Crippen LogP contribution in [-0.4, -0.2) is 49.0 Å². The van der Waals surface area contributed by atoms with Crippen LogP contribution in [0, 0.1) is 5.82 Å². The molecule has 0 aromatic heterocycles. The first-order valence-electron chi connectivity index (χ1n) is 8.42. The molecule has 2 aliphatic heterocycles. The summed E-state index contributed by atoms with van der Waals surface area (Å²) in [6, 6.07) is 4.11. The Labute approximate surface area is 147 Å². The van der Waals surface area contributed by atoms with Gasteiger partial charge in [-0.2, -0.15) is 0 Å². The van der Waals surface area contributed by atoms with Gasteiger partial charge in [-0.05, 0) is 51.0 Å². The van der Waals surface area contributed by atoms with Crippen molar-refractivity contribution in [3.63, 3.8) is 0 Å². The highest BCUT2D eigenvalue weighted by Crippen LogP contribution is 2.37. The Balaban J connectivity index is 1.92. The molecule has 6 heteroatoms. The van der Waals surface area contributed by atoms with Gasteiger partial charge < -0.3 is 14.2 Å². The number of ether oxygens (including phenoxy) is 3. The van der Waals surface area contributed by atoms with Crippen LogP contribution in [0.5, 0.6) is 5.75 Å². The van der Waals surface area contributed by atoms with Crippen LogP contribution in [0.15, 0.2) is 24.3 Å². The normalized spacial score (nSPS) is 23.1. The monoisotopic (exact) mass is 349 g/mol. The van der Waals surface area contributed by atoms with Crippen molar-refractivity contribution in [1.82, 2.24) is 4.90 Å². The van der Waals surface area contributed by atoms with Crippen molar-refractivity contribution in [3.05, 3.63) is 35.7 Å². The van der Waals surface area contributed by atoms with Gasteiger partial charge in [0.15, 0.2) is 0 Å². The van der Waals surface area contributed by atoms with Crippen LogP contribution in [0.4, 0.5) is 9.18 Å². The van der Waals surface area contributed by atoms with Crippen LogP contribution in [0.1, 0.15) is 32.8 Å². The van der Waals surface area contributed by atoms with Crippen LogP contribution >= 0.6 is 0 Å². The lowest BCUT2D eigenvalue weighted by Gasteiger charge is -2.44. The number of fused-ring (bicyclic) bond motifs is 2. The molecule has 136 valence electrons. The van der Waals surface area contributed by atoms with Crippen LogP contribution in [0.2, 0.25) is 0 Å². The summed E-state index contributed by atoms with van der Waals surface area (Å²) >= 11 is 0. The van der Waals surface area contributed by atoms with E-state index in [2.05, 4.69) is 0 Å². The second kappa shape index (κ2) is 6.67. The van der Waals surface area contributed by atoms with Crippen molar-refractivity contribution in [2.45, 2.75) is 44.9 Å². The molecule has 0 radical (unpaired) electrons. The number of amides is 1. The molecule has 0 N–H and O–H groups in total. The molecule has 1 amide bonds. The highest BCUT2D eigenvalue weighted by Gasteiger charge is 2.40. The Morgan fingerprint density at radius 1 is 1.32 bits per heavy atom. The molecule has 3 rings (SSSR count). The number of benzene rings is 1. The predicted molar refractivity (Wildman–Crippen MR) is 92.0 cm³/mol. The summed E-state index contributed by atoms with van der Waals surface area (Å²) in [6.45, 7) is 6.38. The standard InChI is InChI=1S/C19H24FNO4/c1-19(2,3)25-18(22)21-14-7-12(8-15(21)11-24-10-14)16-9-13(20)5-6-17(16)23-4/h5-7,9,14-15H,8,10-11H2,1-4H3. The molecule has 1 aromatic carbocycles. The largest absolute Gasteiger partial charge is 0.496 e. The van der Waals surface area contributed by atoms with E-state index in [1.54, 1.807) is 18.1 Å². The van der Waals surface area contributed by atoms with Gasteiger partial charge in [-0.1, -0.05) is 6.08 Å². The maximum Gasteiger partial charge on any atom is 0.411 e. The highest BCUT2D eigenvalue weighted by atomic mass is 19.1. The minimum atomic E-state index is -0.554. The Morgan fingerprint density at radius 2 is 2.08 bits per heavy atom. The molecule has 0 aliphatic carbocycles. The molecule has 2 heterocycles. The van der Waals surface area contributed by atoms with E-state index in [0.29, 0.717) is 25.4 Å². The lowest BCUT2D eigenvalue weighted by atomic mass is 9.89. The number of rotatable bonds is 2. The van der Waals surface area contributed by atoms with Crippen molar-refractivity contribution in [1.29, 1.82) is 0 Å². The molecular formula is C19H24FNO4. The first kappa shape index (κ1) is 17.7. The maximum atomic E-state index is 13.7. The molecule has 2 unspecified atom stereocenters. The third kappa shape index (κ3) is 3.79. The Bertz CT molecular complexity index is 695. The van der Waals surface area contributed by atoms with Gasteiger partial charge in [0, 0.05) is 5.56 Å². The molecule has 1 aromatic rings. The first-order valence-corrected chi connectivity index (χ1v) is 8.42. The molecule has 0 saturated carbocycles. The van der Waals surface area contributed by atoms with Gasteiger partial charge in [0.2, 0.25) is 0 Å². The van der Waals surface area contributed by atoms with Gasteiger partial charge in [0.25, 0.3) is 0 Å². The number of nitrogens with zero attached hydrogens (tertiary/aromatic N) is 1. The molecule has 2 bridgehead atoms. The maximum absolute atomic E-state index is 13.7. The second-order valence-corrected chi connectivity index (χ2v) is 7.39. The van der Waals surface area contributed by atoms with Crippen LogP contribution in [0.3, 0.4) is 0 Å². The molecule has 1 fully saturated rings. The molecule has 1 saturated heterocycles. The van der Waals surface area contributed by atoms with E-state index in [9.17, 15) is 9.18 Å². The fraction of sp³-hybridized carbons (Fsp3) is 0.526. The highest BCUT2D eigenvalue weighted by molar-refractivity contribution is 5.76. The Kier molecular flexibility index (Phi) is 4.73. The van der Waals surface area contributed by atoms with E-state index < -0.39 is 5.60 Å². The average molecular weight is 349 g/mol. The molecule has 5 nitrogen and oxygen atoms in total. The van der Waals surface area contributed by atoms with E-state index in [0.717, 1.165) is 11.1 Å². The van der Waals surface area contributed by atoms with Crippen molar-refractivity contribution < 1.29 is 23.4 Å². The van der Waals surface area contributed by atoms with Crippen LogP contribution in [0.25, 0.3) is 5.57 Å². The summed E-state index contributed by atoms with van der Waals surface area (Å²) in [6.07, 6.45) is 2.18. The average Bonchev–Trinajstić information content (AvgIpc) is 2.51. The van der Waals surface area contributed by atoms with Gasteiger partial charge in [-0.3, -0.25) is 4.90 Å². The van der Waals surface area contributed by atoms with Gasteiger partial charge in [-0.15, -0.1) is 0 Å². The van der Waals surface area contributed by atoms with Gasteiger partial charge in [0.05, 0.1) is 32.4 Å². The smallest absolute Gasteiger partial charge is 0.411 e. The van der Waals surface area contributed by atoms with E-state index in [1.807, 2.05) is 26.8 Å². The third-order valence-electron chi connectivity index (χ3n) is 4.31. The van der Waals surface area contributed by atoms with Crippen molar-refractivity contribution in [2.75, 3.05) is 20.3 Å². The number of halogens is 1. The van der Waals surface area contributed by atoms with Crippen molar-refractivity contribution >= 4 is 11.7 Å². The summed E-state index contributed by atoms with van der Waals surface area (Å²) in [5.74, 6) is 0.310. The summed E-state index contributed by atoms with van der Waals surface area (Å²) in [7, 11) is 1.57. The predicted octanol–water partition coefficient (Wildman–Crippen LogP) is 3.63. The molecular weight excluding hydrogens is 325 g/mol. The first-order chi connectivity index (χ1) is 11.8. The topological polar surface area (TPSA) is 48.0 Å². The van der Waals surface area contributed by atoms with Gasteiger partial charge in [-0.25, -0.2) is 9.18 Å². The fourth-order valence-corrected chi connectivity index (χ4v) is 3.33. The zero-order valence-electron chi connectivity index (χ0n) is 15.0. The number of hydrogen-bond donors (Lipinski definition) is 0. The molecule has 2 atom stereocenters. The molecule has 25 heavy (non-hydrogen) atoms. The minimum Gasteiger partial charge on any atom is -0.496 e. The summed E-state index contributed by atoms with van der Waals surface area (Å²) in [4.78, 5) is 14.3. The lowest BCUT2D eigenvalue weighted by Crippen LogP contribution is -2.57. The number of carbonyl (C=O) groups is 1. The van der Waals surface area contributed by atoms with Crippen LogP contribution in [-0.2, 0) is 9.47 Å². The number of hydrogen-bond acceptors (Lipinski definition) is 4. The number of methoxy groups -OCH3 is 1. The quantitative estimate of drug-likeness (QED) is 0.818. The van der Waals surface area contributed by atoms with E-state index >= 15 is 0 Å². The van der Waals surface area contributed by atoms with Crippen LogP contribution < -0.4 is 4.74 Å². The SMILES string of the molecule is COc1ccc(F)cc1C1=CC2COCC(C1)N2C(=O)OC(C)(C)C. The second-order valence-electron chi connectivity index (χ2n) is 7.39. The van der Waals surface area contributed by atoms with Crippen molar-refractivity contribution in [3.8, 4) is 5.75 Å². The van der Waals surface area contributed by atoms with E-state index in [1.165, 1.54) is 12.1 Å². The fourth-order valence-electron chi connectivity index (χ4n) is 3.33. The van der Waals surface area contributed by atoms with E-state index in [-0.39, 0.29) is 24.0 Å². The van der Waals surface area contributed by atoms with Crippen molar-refractivity contribution in [2.24, 2.45) is 0 Å².